The lowest BCUT2D eigenvalue weighted by atomic mass is 9.52. The lowest BCUT2D eigenvalue weighted by molar-refractivity contribution is -0.213. The Morgan fingerprint density at radius 2 is 1.96 bits per heavy atom. The Bertz CT molecular complexity index is 664. The van der Waals surface area contributed by atoms with Crippen LogP contribution in [-0.4, -0.2) is 69.8 Å². The van der Waals surface area contributed by atoms with Crippen molar-refractivity contribution in [1.29, 1.82) is 0 Å². The molecule has 1 aromatic carbocycles. The summed E-state index contributed by atoms with van der Waals surface area (Å²) in [6, 6.07) is 7.70. The van der Waals surface area contributed by atoms with Crippen molar-refractivity contribution in [3.05, 3.63) is 36.0 Å². The minimum absolute atomic E-state index is 0.220. The number of rotatable bonds is 7. The van der Waals surface area contributed by atoms with Gasteiger partial charge in [-0.2, -0.15) is 8.78 Å². The zero-order valence-corrected chi connectivity index (χ0v) is 12.7. The van der Waals surface area contributed by atoms with Gasteiger partial charge in [-0.15, -0.1) is 0 Å². The molecule has 6 radical (unpaired) electrons. The number of para-hydroxylation sites is 1. The molecule has 0 amide bonds. The number of halogens is 2. The fourth-order valence-corrected chi connectivity index (χ4v) is 2.33. The van der Waals surface area contributed by atoms with Gasteiger partial charge in [-0.25, -0.2) is 0 Å². The number of hydrogen-bond donors (Lipinski definition) is 2. The largest absolute Gasteiger partial charge is 0.384 e. The fourth-order valence-electron chi connectivity index (χ4n) is 2.33. The number of aromatic amines is 1. The van der Waals surface area contributed by atoms with Crippen LogP contribution in [0.3, 0.4) is 0 Å². The summed E-state index contributed by atoms with van der Waals surface area (Å²) in [6.07, 6.45) is 2.33. The third-order valence-electron chi connectivity index (χ3n) is 3.83. The molecule has 0 saturated heterocycles. The van der Waals surface area contributed by atoms with Gasteiger partial charge < -0.3 is 14.8 Å². The summed E-state index contributed by atoms with van der Waals surface area (Å²) in [5, 5.41) is 8.59. The van der Waals surface area contributed by atoms with Gasteiger partial charge in [-0.05, 0) is 25.1 Å². The first-order chi connectivity index (χ1) is 10.6. The first kappa shape index (κ1) is 18.0. The minimum Gasteiger partial charge on any atom is -0.384 e. The number of fused-ring (bicyclic) bond motifs is 1. The van der Waals surface area contributed by atoms with Crippen LogP contribution in [0.15, 0.2) is 30.5 Å². The molecule has 0 bridgehead atoms. The average molecular weight is 314 g/mol. The predicted molar refractivity (Wildman–Crippen MR) is 86.7 cm³/mol. The molecule has 2 N–H and O–H groups in total. The summed E-state index contributed by atoms with van der Waals surface area (Å²) in [6.45, 7) is -3.04. The first-order valence-corrected chi connectivity index (χ1v) is 6.96. The number of hydrogen-bond acceptors (Lipinski definition) is 3. The fraction of sp³-hybridized carbons (Fsp3) is 0.429. The third-order valence-corrected chi connectivity index (χ3v) is 3.83. The maximum Gasteiger partial charge on any atom is 0.344 e. The zero-order valence-electron chi connectivity index (χ0n) is 12.7. The van der Waals surface area contributed by atoms with Crippen molar-refractivity contribution < 1.29 is 18.6 Å². The number of benzene rings is 1. The minimum atomic E-state index is -3.26. The highest BCUT2D eigenvalue weighted by atomic mass is 19.3. The van der Waals surface area contributed by atoms with E-state index in [2.05, 4.69) is 9.72 Å². The SMILES string of the molecule is [B]C([B])(OC(F)F)C([B])(O)N(C)CCc1c[nH]c2ccccc12. The van der Waals surface area contributed by atoms with E-state index in [1.807, 2.05) is 30.5 Å². The number of alkyl halides is 2. The van der Waals surface area contributed by atoms with Crippen LogP contribution < -0.4 is 0 Å². The molecule has 9 heteroatoms. The van der Waals surface area contributed by atoms with Gasteiger partial charge in [0.2, 0.25) is 0 Å². The van der Waals surface area contributed by atoms with Crippen molar-refractivity contribution >= 4 is 34.4 Å². The van der Waals surface area contributed by atoms with Crippen LogP contribution in [0.1, 0.15) is 5.56 Å². The van der Waals surface area contributed by atoms with E-state index in [4.69, 9.17) is 23.5 Å². The van der Waals surface area contributed by atoms with Gasteiger partial charge in [0.15, 0.2) is 0 Å². The summed E-state index contributed by atoms with van der Waals surface area (Å²) >= 11 is 0. The van der Waals surface area contributed by atoms with E-state index in [9.17, 15) is 13.9 Å². The Hall–Kier alpha value is -1.31. The van der Waals surface area contributed by atoms with E-state index in [1.54, 1.807) is 0 Å². The molecule has 2 aromatic rings. The molecule has 0 saturated carbocycles. The summed E-state index contributed by atoms with van der Waals surface area (Å²) < 4.78 is 28.7. The van der Waals surface area contributed by atoms with Crippen molar-refractivity contribution in [2.24, 2.45) is 0 Å². The number of H-pyrrole nitrogens is 1. The molecule has 1 unspecified atom stereocenters. The van der Waals surface area contributed by atoms with Gasteiger partial charge in [-0.3, -0.25) is 4.90 Å². The topological polar surface area (TPSA) is 48.5 Å². The quantitative estimate of drug-likeness (QED) is 0.584. The van der Waals surface area contributed by atoms with Crippen molar-refractivity contribution in [3.63, 3.8) is 0 Å². The highest BCUT2D eigenvalue weighted by molar-refractivity contribution is 6.44. The van der Waals surface area contributed by atoms with Crippen LogP contribution in [0, 0.1) is 0 Å². The second kappa shape index (κ2) is 6.67. The molecule has 1 atom stereocenters. The van der Waals surface area contributed by atoms with Gasteiger partial charge in [0, 0.05) is 29.0 Å². The predicted octanol–water partition coefficient (Wildman–Crippen LogP) is 0.687. The van der Waals surface area contributed by atoms with Gasteiger partial charge >= 0.3 is 6.61 Å². The van der Waals surface area contributed by atoms with Crippen LogP contribution >= 0.6 is 0 Å². The molecule has 0 aliphatic rings. The van der Waals surface area contributed by atoms with Crippen molar-refractivity contribution in [2.75, 3.05) is 13.6 Å². The van der Waals surface area contributed by atoms with Gasteiger partial charge in [0.1, 0.15) is 23.5 Å². The molecular formula is C14H15B3F2N2O2. The maximum atomic E-state index is 12.3. The van der Waals surface area contributed by atoms with Crippen LogP contribution in [0.4, 0.5) is 8.78 Å². The summed E-state index contributed by atoms with van der Waals surface area (Å²) in [5.74, 6) is 0. The molecule has 23 heavy (non-hydrogen) atoms. The number of aromatic nitrogens is 1. The smallest absolute Gasteiger partial charge is 0.344 e. The van der Waals surface area contributed by atoms with Crippen molar-refractivity contribution in [1.82, 2.24) is 9.88 Å². The van der Waals surface area contributed by atoms with Crippen LogP contribution in [0.25, 0.3) is 10.9 Å². The summed E-state index contributed by atoms with van der Waals surface area (Å²) in [5.41, 5.74) is -0.519. The molecule has 0 fully saturated rings. The van der Waals surface area contributed by atoms with Gasteiger partial charge in [0.25, 0.3) is 0 Å². The lowest BCUT2D eigenvalue weighted by Gasteiger charge is -2.47. The maximum absolute atomic E-state index is 12.3. The number of nitrogens with zero attached hydrogens (tertiary/aromatic N) is 1. The zero-order chi connectivity index (χ0) is 17.3. The molecule has 2 rings (SSSR count). The lowest BCUT2D eigenvalue weighted by Crippen LogP contribution is -2.67. The molecule has 0 aliphatic carbocycles. The van der Waals surface area contributed by atoms with Crippen LogP contribution in [-0.2, 0) is 11.2 Å². The highest BCUT2D eigenvalue weighted by Crippen LogP contribution is 2.24. The number of aliphatic hydroxyl groups is 1. The van der Waals surface area contributed by atoms with E-state index in [0.717, 1.165) is 21.4 Å². The Kier molecular flexibility index (Phi) is 5.23. The van der Waals surface area contributed by atoms with E-state index >= 15 is 0 Å². The van der Waals surface area contributed by atoms with Gasteiger partial charge in [0.05, 0.1) is 5.62 Å². The standard InChI is InChI=1S/C14H15B3F2N2O2/c1-21(14(17,22)13(15,16)23-12(18)19)7-6-9-8-20-11-5-3-2-4-10(9)11/h2-5,8,12,20,22H,6-7H2,1H3. The Morgan fingerprint density at radius 1 is 1.30 bits per heavy atom. The van der Waals surface area contributed by atoms with E-state index in [0.29, 0.717) is 6.42 Å². The third kappa shape index (κ3) is 3.79. The second-order valence-corrected chi connectivity index (χ2v) is 5.43. The molecule has 4 nitrogen and oxygen atoms in total. The van der Waals surface area contributed by atoms with Crippen LogP contribution in [0.2, 0.25) is 0 Å². The van der Waals surface area contributed by atoms with Crippen molar-refractivity contribution in [3.8, 4) is 0 Å². The average Bonchev–Trinajstić information content (AvgIpc) is 2.86. The van der Waals surface area contributed by atoms with E-state index < -0.39 is 17.6 Å². The van der Waals surface area contributed by atoms with Crippen molar-refractivity contribution in [2.45, 2.75) is 24.1 Å². The first-order valence-electron chi connectivity index (χ1n) is 6.96. The highest BCUT2D eigenvalue weighted by Gasteiger charge is 2.43. The monoisotopic (exact) mass is 314 g/mol. The number of likely N-dealkylation sites (N-methyl/N-ethyl adjacent to an activating group) is 1. The molecule has 0 spiro atoms. The van der Waals surface area contributed by atoms with E-state index in [1.165, 1.54) is 7.05 Å². The second-order valence-electron chi connectivity index (χ2n) is 5.43. The Labute approximate surface area is 137 Å². The summed E-state index contributed by atoms with van der Waals surface area (Å²) in [7, 11) is 17.8. The van der Waals surface area contributed by atoms with Gasteiger partial charge in [-0.1, -0.05) is 18.2 Å². The molecule has 0 aliphatic heterocycles. The molecule has 116 valence electrons. The Morgan fingerprint density at radius 3 is 2.61 bits per heavy atom. The molecule has 1 aromatic heterocycles. The normalized spacial score (nSPS) is 15.4. The molecular weight excluding hydrogens is 299 g/mol. The van der Waals surface area contributed by atoms with E-state index in [-0.39, 0.29) is 6.54 Å². The van der Waals surface area contributed by atoms with Crippen LogP contribution in [0.5, 0.6) is 0 Å². The Balaban J connectivity index is 2.07. The summed E-state index contributed by atoms with van der Waals surface area (Å²) in [4.78, 5) is 4.29. The number of ether oxygens (including phenoxy) is 1. The number of nitrogens with one attached hydrogen (secondary N) is 1. The molecule has 1 heterocycles.